The zero-order valence-electron chi connectivity index (χ0n) is 15.3. The van der Waals surface area contributed by atoms with Crippen LogP contribution in [0.5, 0.6) is 0 Å². The Morgan fingerprint density at radius 3 is 2.77 bits per heavy atom. The Hall–Kier alpha value is -2.69. The number of amides is 1. The van der Waals surface area contributed by atoms with E-state index in [9.17, 15) is 4.79 Å². The van der Waals surface area contributed by atoms with Gasteiger partial charge in [0, 0.05) is 18.8 Å². The number of carbonyl (C=O) groups is 1. The summed E-state index contributed by atoms with van der Waals surface area (Å²) in [4.78, 5) is 23.9. The van der Waals surface area contributed by atoms with Gasteiger partial charge in [0.2, 0.25) is 0 Å². The predicted octanol–water partition coefficient (Wildman–Crippen LogP) is 4.07. The average Bonchev–Trinajstić information content (AvgIpc) is 3.12. The van der Waals surface area contributed by atoms with Crippen LogP contribution in [0, 0.1) is 5.92 Å². The molecule has 134 valence electrons. The van der Waals surface area contributed by atoms with Gasteiger partial charge in [-0.2, -0.15) is 0 Å². The Morgan fingerprint density at radius 2 is 2.00 bits per heavy atom. The number of hydrogen-bond acceptors (Lipinski definition) is 3. The van der Waals surface area contributed by atoms with Gasteiger partial charge in [-0.05, 0) is 49.9 Å². The molecule has 1 aliphatic rings. The van der Waals surface area contributed by atoms with Gasteiger partial charge in [0.05, 0.1) is 16.6 Å². The maximum atomic E-state index is 12.9. The van der Waals surface area contributed by atoms with Gasteiger partial charge in [-0.1, -0.05) is 25.5 Å². The van der Waals surface area contributed by atoms with E-state index in [0.29, 0.717) is 17.5 Å². The first kappa shape index (κ1) is 16.8. The quantitative estimate of drug-likeness (QED) is 0.717. The highest BCUT2D eigenvalue weighted by molar-refractivity contribution is 5.94. The maximum absolute atomic E-state index is 12.9. The lowest BCUT2D eigenvalue weighted by Gasteiger charge is -2.37. The SMILES string of the molecule is CC[C@H]1CC[C@@H](C)N(C(=O)c2ccc(-n3cnc4ccccc43)nc2)C1. The van der Waals surface area contributed by atoms with E-state index in [1.807, 2.05) is 45.9 Å². The molecule has 0 bridgehead atoms. The number of carbonyl (C=O) groups excluding carboxylic acids is 1. The molecule has 1 fully saturated rings. The molecule has 0 saturated carbocycles. The van der Waals surface area contributed by atoms with Crippen LogP contribution < -0.4 is 0 Å². The summed E-state index contributed by atoms with van der Waals surface area (Å²) in [5.74, 6) is 1.47. The first-order valence-corrected chi connectivity index (χ1v) is 9.37. The van der Waals surface area contributed by atoms with Crippen LogP contribution in [0.4, 0.5) is 0 Å². The maximum Gasteiger partial charge on any atom is 0.255 e. The summed E-state index contributed by atoms with van der Waals surface area (Å²) in [5.41, 5.74) is 2.60. The third-order valence-electron chi connectivity index (χ3n) is 5.51. The summed E-state index contributed by atoms with van der Waals surface area (Å²) in [5, 5.41) is 0. The molecule has 1 saturated heterocycles. The number of imidazole rings is 1. The van der Waals surface area contributed by atoms with Crippen LogP contribution in [0.25, 0.3) is 16.9 Å². The lowest BCUT2D eigenvalue weighted by Crippen LogP contribution is -2.45. The van der Waals surface area contributed by atoms with Gasteiger partial charge < -0.3 is 4.90 Å². The van der Waals surface area contributed by atoms with E-state index in [2.05, 4.69) is 23.8 Å². The van der Waals surface area contributed by atoms with Crippen LogP contribution in [0.1, 0.15) is 43.5 Å². The molecule has 0 aliphatic carbocycles. The summed E-state index contributed by atoms with van der Waals surface area (Å²) < 4.78 is 1.94. The topological polar surface area (TPSA) is 51.0 Å². The largest absolute Gasteiger partial charge is 0.336 e. The molecule has 4 rings (SSSR count). The molecule has 1 aliphatic heterocycles. The van der Waals surface area contributed by atoms with Gasteiger partial charge >= 0.3 is 0 Å². The summed E-state index contributed by atoms with van der Waals surface area (Å²) in [6.45, 7) is 5.20. The lowest BCUT2D eigenvalue weighted by atomic mass is 9.91. The second kappa shape index (κ2) is 6.90. The van der Waals surface area contributed by atoms with E-state index in [1.54, 1.807) is 12.5 Å². The molecule has 2 aromatic heterocycles. The number of benzene rings is 1. The molecule has 3 aromatic rings. The van der Waals surface area contributed by atoms with Gasteiger partial charge in [-0.15, -0.1) is 0 Å². The average molecular weight is 348 g/mol. The second-order valence-electron chi connectivity index (χ2n) is 7.17. The fraction of sp³-hybridized carbons (Fsp3) is 0.381. The Morgan fingerprint density at radius 1 is 1.15 bits per heavy atom. The normalized spacial score (nSPS) is 20.5. The van der Waals surface area contributed by atoms with Crippen molar-refractivity contribution in [2.45, 2.75) is 39.2 Å². The van der Waals surface area contributed by atoms with E-state index in [-0.39, 0.29) is 5.91 Å². The number of piperidine rings is 1. The van der Waals surface area contributed by atoms with Gasteiger partial charge in [-0.3, -0.25) is 9.36 Å². The van der Waals surface area contributed by atoms with Crippen LogP contribution in [0.15, 0.2) is 48.9 Å². The van der Waals surface area contributed by atoms with Gasteiger partial charge in [0.25, 0.3) is 5.91 Å². The van der Waals surface area contributed by atoms with Crippen LogP contribution in [-0.2, 0) is 0 Å². The summed E-state index contributed by atoms with van der Waals surface area (Å²) in [6, 6.07) is 12.0. The van der Waals surface area contributed by atoms with Crippen molar-refractivity contribution in [2.75, 3.05) is 6.54 Å². The molecule has 1 aromatic carbocycles. The molecule has 26 heavy (non-hydrogen) atoms. The molecule has 0 spiro atoms. The van der Waals surface area contributed by atoms with Crippen LogP contribution in [0.3, 0.4) is 0 Å². The third-order valence-corrected chi connectivity index (χ3v) is 5.51. The van der Waals surface area contributed by atoms with Crippen LogP contribution in [0.2, 0.25) is 0 Å². The highest BCUT2D eigenvalue weighted by atomic mass is 16.2. The van der Waals surface area contributed by atoms with Gasteiger partial charge in [-0.25, -0.2) is 9.97 Å². The number of aromatic nitrogens is 3. The number of rotatable bonds is 3. The highest BCUT2D eigenvalue weighted by Crippen LogP contribution is 2.25. The number of nitrogens with zero attached hydrogens (tertiary/aromatic N) is 4. The standard InChI is InChI=1S/C21H24N4O/c1-3-16-9-8-15(2)24(13-16)21(26)17-10-11-20(22-12-17)25-14-23-18-6-4-5-7-19(18)25/h4-7,10-12,14-16H,3,8-9,13H2,1-2H3/t15-,16+/m1/s1. The predicted molar refractivity (Wildman–Crippen MR) is 102 cm³/mol. The Balaban J connectivity index is 1.58. The van der Waals surface area contributed by atoms with Crippen LogP contribution >= 0.6 is 0 Å². The van der Waals surface area contributed by atoms with Crippen molar-refractivity contribution in [3.63, 3.8) is 0 Å². The first-order chi connectivity index (χ1) is 12.7. The van der Waals surface area contributed by atoms with Crippen molar-refractivity contribution in [2.24, 2.45) is 5.92 Å². The van der Waals surface area contributed by atoms with Gasteiger partial charge in [0.1, 0.15) is 12.1 Å². The van der Waals surface area contributed by atoms with Crippen molar-refractivity contribution in [1.29, 1.82) is 0 Å². The van der Waals surface area contributed by atoms with E-state index in [0.717, 1.165) is 36.2 Å². The number of likely N-dealkylation sites (tertiary alicyclic amines) is 1. The summed E-state index contributed by atoms with van der Waals surface area (Å²) >= 11 is 0. The van der Waals surface area contributed by atoms with Crippen molar-refractivity contribution in [3.8, 4) is 5.82 Å². The molecule has 3 heterocycles. The monoisotopic (exact) mass is 348 g/mol. The minimum Gasteiger partial charge on any atom is -0.336 e. The van der Waals surface area contributed by atoms with Crippen molar-refractivity contribution in [3.05, 3.63) is 54.5 Å². The molecular formula is C21H24N4O. The number of hydrogen-bond donors (Lipinski definition) is 0. The molecule has 2 atom stereocenters. The Kier molecular flexibility index (Phi) is 4.45. The molecule has 1 amide bonds. The minimum absolute atomic E-state index is 0.0881. The van der Waals surface area contributed by atoms with E-state index in [1.165, 1.54) is 6.42 Å². The number of fused-ring (bicyclic) bond motifs is 1. The van der Waals surface area contributed by atoms with E-state index >= 15 is 0 Å². The highest BCUT2D eigenvalue weighted by Gasteiger charge is 2.28. The molecule has 5 nitrogen and oxygen atoms in total. The second-order valence-corrected chi connectivity index (χ2v) is 7.17. The van der Waals surface area contributed by atoms with Crippen LogP contribution in [-0.4, -0.2) is 37.9 Å². The van der Waals surface area contributed by atoms with E-state index < -0.39 is 0 Å². The van der Waals surface area contributed by atoms with Crippen molar-refractivity contribution in [1.82, 2.24) is 19.4 Å². The number of pyridine rings is 1. The minimum atomic E-state index is 0.0881. The fourth-order valence-corrected chi connectivity index (χ4v) is 3.76. The van der Waals surface area contributed by atoms with Crippen molar-refractivity contribution >= 4 is 16.9 Å². The Labute approximate surface area is 153 Å². The third kappa shape index (κ3) is 2.98. The lowest BCUT2D eigenvalue weighted by molar-refractivity contribution is 0.0556. The molecule has 0 unspecified atom stereocenters. The van der Waals surface area contributed by atoms with Gasteiger partial charge in [0.15, 0.2) is 0 Å². The molecule has 0 N–H and O–H groups in total. The van der Waals surface area contributed by atoms with Crippen molar-refractivity contribution < 1.29 is 4.79 Å². The molecule has 5 heteroatoms. The number of para-hydroxylation sites is 2. The molecule has 0 radical (unpaired) electrons. The Bertz CT molecular complexity index is 915. The van der Waals surface area contributed by atoms with E-state index in [4.69, 9.17) is 0 Å². The smallest absolute Gasteiger partial charge is 0.255 e. The molecular weight excluding hydrogens is 324 g/mol. The zero-order chi connectivity index (χ0) is 18.1. The first-order valence-electron chi connectivity index (χ1n) is 9.37. The zero-order valence-corrected chi connectivity index (χ0v) is 15.3. The summed E-state index contributed by atoms with van der Waals surface area (Å²) in [7, 11) is 0. The summed E-state index contributed by atoms with van der Waals surface area (Å²) in [6.07, 6.45) is 6.88. The fourth-order valence-electron chi connectivity index (χ4n) is 3.76.